The van der Waals surface area contributed by atoms with E-state index in [9.17, 15) is 0 Å². The van der Waals surface area contributed by atoms with Gasteiger partial charge in [-0.3, -0.25) is 0 Å². The maximum atomic E-state index is 5.86. The Balaban J connectivity index is 1.71. The smallest absolute Gasteiger partial charge is 0.252 e. The molecule has 0 bridgehead atoms. The molecule has 0 aromatic carbocycles. The van der Waals surface area contributed by atoms with Gasteiger partial charge in [-0.05, 0) is 32.2 Å². The van der Waals surface area contributed by atoms with Crippen molar-refractivity contribution in [2.45, 2.75) is 71.1 Å². The number of rotatable bonds is 6. The second-order valence-electron chi connectivity index (χ2n) is 5.54. The Bertz CT molecular complexity index is 371. The third-order valence-electron chi connectivity index (χ3n) is 3.61. The molecule has 0 spiro atoms. The van der Waals surface area contributed by atoms with E-state index in [0.717, 1.165) is 25.2 Å². The lowest BCUT2D eigenvalue weighted by Crippen LogP contribution is -2.35. The van der Waals surface area contributed by atoms with Crippen molar-refractivity contribution in [1.29, 1.82) is 0 Å². The first-order chi connectivity index (χ1) is 9.19. The maximum absolute atomic E-state index is 5.86. The van der Waals surface area contributed by atoms with Gasteiger partial charge in [-0.1, -0.05) is 25.9 Å². The van der Waals surface area contributed by atoms with Crippen LogP contribution in [0.2, 0.25) is 0 Å². The fourth-order valence-corrected chi connectivity index (χ4v) is 2.47. The van der Waals surface area contributed by atoms with Crippen molar-refractivity contribution in [3.05, 3.63) is 11.7 Å². The van der Waals surface area contributed by atoms with Crippen LogP contribution in [-0.2, 0) is 11.3 Å². The normalized spacial score (nSPS) is 24.0. The van der Waals surface area contributed by atoms with Crippen molar-refractivity contribution < 1.29 is 9.26 Å². The molecule has 1 heterocycles. The van der Waals surface area contributed by atoms with E-state index in [4.69, 9.17) is 9.26 Å². The minimum absolute atomic E-state index is 0.299. The van der Waals surface area contributed by atoms with Gasteiger partial charge >= 0.3 is 0 Å². The van der Waals surface area contributed by atoms with Gasteiger partial charge in [-0.15, -0.1) is 0 Å². The molecule has 1 aliphatic rings. The van der Waals surface area contributed by atoms with E-state index < -0.39 is 0 Å². The molecule has 0 atom stereocenters. The molecule has 0 saturated heterocycles. The van der Waals surface area contributed by atoms with Crippen LogP contribution in [0.5, 0.6) is 0 Å². The molecule has 0 aliphatic heterocycles. The summed E-state index contributed by atoms with van der Waals surface area (Å²) in [6.45, 7) is 7.76. The highest BCUT2D eigenvalue weighted by Gasteiger charge is 2.21. The first-order valence-electron chi connectivity index (χ1n) is 7.36. The SMILES string of the molecule is CCNC1CCC(OCc2nc(C(C)C)no2)CC1. The van der Waals surface area contributed by atoms with Gasteiger partial charge in [-0.2, -0.15) is 4.98 Å². The van der Waals surface area contributed by atoms with Crippen LogP contribution in [-0.4, -0.2) is 28.8 Å². The average molecular weight is 267 g/mol. The zero-order chi connectivity index (χ0) is 13.7. The molecule has 0 radical (unpaired) electrons. The van der Waals surface area contributed by atoms with Crippen LogP contribution in [0.3, 0.4) is 0 Å². The van der Waals surface area contributed by atoms with Crippen LogP contribution in [0.15, 0.2) is 4.52 Å². The highest BCUT2D eigenvalue weighted by Crippen LogP contribution is 2.22. The summed E-state index contributed by atoms with van der Waals surface area (Å²) in [5.41, 5.74) is 0. The largest absolute Gasteiger partial charge is 0.368 e. The highest BCUT2D eigenvalue weighted by atomic mass is 16.5. The summed E-state index contributed by atoms with van der Waals surface area (Å²) in [5.74, 6) is 1.65. The third kappa shape index (κ3) is 4.28. The van der Waals surface area contributed by atoms with Gasteiger partial charge in [-0.25, -0.2) is 0 Å². The zero-order valence-corrected chi connectivity index (χ0v) is 12.2. The van der Waals surface area contributed by atoms with E-state index in [1.165, 1.54) is 12.8 Å². The Morgan fingerprint density at radius 2 is 2.05 bits per heavy atom. The van der Waals surface area contributed by atoms with Gasteiger partial charge in [0.15, 0.2) is 5.82 Å². The maximum Gasteiger partial charge on any atom is 0.252 e. The lowest BCUT2D eigenvalue weighted by atomic mass is 9.93. The Morgan fingerprint density at radius 3 is 2.63 bits per heavy atom. The molecule has 0 amide bonds. The molecule has 1 aromatic rings. The summed E-state index contributed by atoms with van der Waals surface area (Å²) in [5, 5.41) is 7.44. The van der Waals surface area contributed by atoms with Crippen molar-refractivity contribution in [2.75, 3.05) is 6.54 Å². The van der Waals surface area contributed by atoms with Gasteiger partial charge in [0.05, 0.1) is 6.10 Å². The molecule has 1 aliphatic carbocycles. The number of ether oxygens (including phenoxy) is 1. The zero-order valence-electron chi connectivity index (χ0n) is 12.2. The van der Waals surface area contributed by atoms with Crippen LogP contribution in [0.25, 0.3) is 0 Å². The molecule has 1 N–H and O–H groups in total. The summed E-state index contributed by atoms with van der Waals surface area (Å²) in [6, 6.07) is 0.667. The van der Waals surface area contributed by atoms with Crippen molar-refractivity contribution >= 4 is 0 Å². The minimum atomic E-state index is 0.299. The number of nitrogens with one attached hydrogen (secondary N) is 1. The second kappa shape index (κ2) is 7.01. The van der Waals surface area contributed by atoms with Crippen LogP contribution in [0.1, 0.15) is 64.1 Å². The van der Waals surface area contributed by atoms with Crippen LogP contribution < -0.4 is 5.32 Å². The Kier molecular flexibility index (Phi) is 5.34. The third-order valence-corrected chi connectivity index (χ3v) is 3.61. The van der Waals surface area contributed by atoms with E-state index >= 15 is 0 Å². The Labute approximate surface area is 115 Å². The molecule has 19 heavy (non-hydrogen) atoms. The molecule has 1 aromatic heterocycles. The van der Waals surface area contributed by atoms with Gasteiger partial charge in [0.2, 0.25) is 0 Å². The number of hydrogen-bond acceptors (Lipinski definition) is 5. The summed E-state index contributed by atoms with van der Waals surface area (Å²) in [6.07, 6.45) is 4.95. The average Bonchev–Trinajstić information content (AvgIpc) is 2.87. The molecule has 5 nitrogen and oxygen atoms in total. The summed E-state index contributed by atoms with van der Waals surface area (Å²) in [4.78, 5) is 4.32. The van der Waals surface area contributed by atoms with E-state index in [1.807, 2.05) is 0 Å². The first kappa shape index (κ1) is 14.5. The summed E-state index contributed by atoms with van der Waals surface area (Å²) in [7, 11) is 0. The Morgan fingerprint density at radius 1 is 1.32 bits per heavy atom. The van der Waals surface area contributed by atoms with Crippen molar-refractivity contribution in [2.24, 2.45) is 0 Å². The molecule has 1 saturated carbocycles. The fraction of sp³-hybridized carbons (Fsp3) is 0.857. The highest BCUT2D eigenvalue weighted by molar-refractivity contribution is 4.90. The predicted octanol–water partition coefficient (Wildman–Crippen LogP) is 2.63. The molecular weight excluding hydrogens is 242 g/mol. The lowest BCUT2D eigenvalue weighted by Gasteiger charge is -2.28. The van der Waals surface area contributed by atoms with E-state index in [1.54, 1.807) is 0 Å². The molecule has 0 unspecified atom stereocenters. The van der Waals surface area contributed by atoms with Gasteiger partial charge in [0.1, 0.15) is 6.61 Å². The molecular formula is C14H25N3O2. The minimum Gasteiger partial charge on any atom is -0.368 e. The van der Waals surface area contributed by atoms with Gasteiger partial charge < -0.3 is 14.6 Å². The lowest BCUT2D eigenvalue weighted by molar-refractivity contribution is -0.000130. The standard InChI is InChI=1S/C14H25N3O2/c1-4-15-11-5-7-12(8-6-11)18-9-13-16-14(10(2)3)17-19-13/h10-12,15H,4-9H2,1-3H3. The van der Waals surface area contributed by atoms with Gasteiger partial charge in [0, 0.05) is 12.0 Å². The summed E-state index contributed by atoms with van der Waals surface area (Å²) < 4.78 is 11.0. The topological polar surface area (TPSA) is 60.2 Å². The van der Waals surface area contributed by atoms with Crippen LogP contribution >= 0.6 is 0 Å². The summed E-state index contributed by atoms with van der Waals surface area (Å²) >= 11 is 0. The number of nitrogens with zero attached hydrogens (tertiary/aromatic N) is 2. The van der Waals surface area contributed by atoms with Crippen LogP contribution in [0.4, 0.5) is 0 Å². The van der Waals surface area contributed by atoms with E-state index in [-0.39, 0.29) is 0 Å². The fourth-order valence-electron chi connectivity index (χ4n) is 2.47. The van der Waals surface area contributed by atoms with Gasteiger partial charge in [0.25, 0.3) is 5.89 Å². The van der Waals surface area contributed by atoms with E-state index in [2.05, 4.69) is 36.2 Å². The second-order valence-corrected chi connectivity index (χ2v) is 5.54. The van der Waals surface area contributed by atoms with Crippen molar-refractivity contribution in [1.82, 2.24) is 15.5 Å². The molecule has 2 rings (SSSR count). The molecule has 1 fully saturated rings. The van der Waals surface area contributed by atoms with E-state index in [0.29, 0.717) is 30.6 Å². The monoisotopic (exact) mass is 267 g/mol. The Hall–Kier alpha value is -0.940. The van der Waals surface area contributed by atoms with Crippen molar-refractivity contribution in [3.63, 3.8) is 0 Å². The molecule has 108 valence electrons. The predicted molar refractivity (Wildman–Crippen MR) is 72.9 cm³/mol. The quantitative estimate of drug-likeness (QED) is 0.858. The van der Waals surface area contributed by atoms with Crippen LogP contribution in [0, 0.1) is 0 Å². The number of aromatic nitrogens is 2. The number of hydrogen-bond donors (Lipinski definition) is 1. The van der Waals surface area contributed by atoms with Crippen molar-refractivity contribution in [3.8, 4) is 0 Å². The first-order valence-corrected chi connectivity index (χ1v) is 7.36. The molecule has 5 heteroatoms.